The van der Waals surface area contributed by atoms with E-state index in [1.807, 2.05) is 19.0 Å². The number of primary amides is 1. The van der Waals surface area contributed by atoms with Crippen LogP contribution in [0.5, 0.6) is 5.75 Å². The van der Waals surface area contributed by atoms with Crippen LogP contribution in [-0.2, 0) is 22.6 Å². The summed E-state index contributed by atoms with van der Waals surface area (Å²) in [5.74, 6) is -6.10. The summed E-state index contributed by atoms with van der Waals surface area (Å²) in [6, 6.07) is 0.551. The van der Waals surface area contributed by atoms with E-state index in [4.69, 9.17) is 5.73 Å². The number of fused-ring (bicyclic) bond motifs is 3. The van der Waals surface area contributed by atoms with Crippen LogP contribution in [-0.4, -0.2) is 101 Å². The molecule has 0 radical (unpaired) electrons. The minimum absolute atomic E-state index is 0.0186. The molecule has 0 unspecified atom stereocenters. The summed E-state index contributed by atoms with van der Waals surface area (Å²) < 4.78 is 0. The molecule has 0 saturated carbocycles. The van der Waals surface area contributed by atoms with Crippen LogP contribution in [0.1, 0.15) is 48.7 Å². The number of carbonyl (C=O) groups excluding carboxylic acids is 3. The van der Waals surface area contributed by atoms with Gasteiger partial charge in [-0.05, 0) is 62.5 Å². The van der Waals surface area contributed by atoms with Gasteiger partial charge in [0.25, 0.3) is 5.91 Å². The number of hydrogen-bond acceptors (Lipinski definition) is 10. The second-order valence-electron chi connectivity index (χ2n) is 12.3. The third kappa shape index (κ3) is 4.69. The molecule has 3 aliphatic rings. The topological polar surface area (TPSA) is 168 Å². The van der Waals surface area contributed by atoms with Crippen molar-refractivity contribution < 1.29 is 34.8 Å². The molecule has 0 fully saturated rings. The average molecular weight is 571 g/mol. The molecule has 6 N–H and O–H groups in total. The second kappa shape index (κ2) is 10.8. The number of Topliss-reactive ketones (excluding diaryl/α,β-unsaturated/α-hetero) is 2. The fourth-order valence-electron chi connectivity index (χ4n) is 7.11. The van der Waals surface area contributed by atoms with Gasteiger partial charge in [0.15, 0.2) is 11.4 Å². The first-order valence-electron chi connectivity index (χ1n) is 14.0. The Kier molecular flexibility index (Phi) is 8.03. The van der Waals surface area contributed by atoms with Crippen molar-refractivity contribution in [2.45, 2.75) is 51.8 Å². The fourth-order valence-corrected chi connectivity index (χ4v) is 7.11. The van der Waals surface area contributed by atoms with Gasteiger partial charge in [0.2, 0.25) is 5.78 Å². The SMILES string of the molecule is CCN(Cc1cc(O)c2c(c1N(C)C)C[C@H]1C[C@H]3[C@H](N(C)C)C(O)=C(C(N)=O)C(=O)[C@@]3(O)C(O)=C1C2=O)CC(C)C. The summed E-state index contributed by atoms with van der Waals surface area (Å²) in [7, 11) is 6.96. The molecule has 11 heteroatoms. The molecule has 0 aromatic heterocycles. The van der Waals surface area contributed by atoms with Gasteiger partial charge in [0, 0.05) is 44.4 Å². The number of anilines is 1. The van der Waals surface area contributed by atoms with E-state index in [1.54, 1.807) is 25.1 Å². The zero-order chi connectivity index (χ0) is 30.7. The van der Waals surface area contributed by atoms with Crippen LogP contribution in [0, 0.1) is 17.8 Å². The highest BCUT2D eigenvalue weighted by Crippen LogP contribution is 2.53. The van der Waals surface area contributed by atoms with Crippen molar-refractivity contribution in [2.75, 3.05) is 46.2 Å². The van der Waals surface area contributed by atoms with E-state index in [2.05, 4.69) is 25.7 Å². The smallest absolute Gasteiger partial charge is 0.255 e. The Morgan fingerprint density at radius 2 is 1.78 bits per heavy atom. The predicted octanol–water partition coefficient (Wildman–Crippen LogP) is 1.66. The van der Waals surface area contributed by atoms with Gasteiger partial charge in [-0.3, -0.25) is 24.2 Å². The number of carbonyl (C=O) groups is 3. The molecule has 1 aromatic rings. The number of amides is 1. The fraction of sp³-hybridized carbons (Fsp3) is 0.567. The Morgan fingerprint density at radius 1 is 1.15 bits per heavy atom. The van der Waals surface area contributed by atoms with Crippen LogP contribution in [0.25, 0.3) is 0 Å². The minimum atomic E-state index is -2.65. The number of phenolic OH excluding ortho intramolecular Hbond substituents is 1. The van der Waals surface area contributed by atoms with Crippen molar-refractivity contribution in [3.8, 4) is 5.75 Å². The zero-order valence-electron chi connectivity index (χ0n) is 24.9. The maximum absolute atomic E-state index is 14.0. The highest BCUT2D eigenvalue weighted by atomic mass is 16.3. The van der Waals surface area contributed by atoms with Crippen molar-refractivity contribution in [2.24, 2.45) is 23.5 Å². The lowest BCUT2D eigenvalue weighted by Gasteiger charge is -2.50. The second-order valence-corrected chi connectivity index (χ2v) is 12.3. The van der Waals surface area contributed by atoms with Gasteiger partial charge in [-0.15, -0.1) is 0 Å². The minimum Gasteiger partial charge on any atom is -0.510 e. The maximum atomic E-state index is 14.0. The molecule has 3 aliphatic carbocycles. The van der Waals surface area contributed by atoms with E-state index in [9.17, 15) is 34.8 Å². The number of rotatable bonds is 8. The lowest BCUT2D eigenvalue weighted by molar-refractivity contribution is -0.148. The molecule has 0 aliphatic heterocycles. The molecule has 0 spiro atoms. The van der Waals surface area contributed by atoms with E-state index in [0.717, 1.165) is 24.3 Å². The number of aliphatic hydroxyl groups is 3. The van der Waals surface area contributed by atoms with Crippen molar-refractivity contribution in [3.05, 3.63) is 45.4 Å². The van der Waals surface area contributed by atoms with Crippen molar-refractivity contribution in [1.29, 1.82) is 0 Å². The van der Waals surface area contributed by atoms with Crippen LogP contribution < -0.4 is 10.6 Å². The number of nitrogens with two attached hydrogens (primary N) is 1. The molecule has 1 amide bonds. The van der Waals surface area contributed by atoms with E-state index >= 15 is 0 Å². The van der Waals surface area contributed by atoms with Crippen LogP contribution in [0.15, 0.2) is 28.7 Å². The van der Waals surface area contributed by atoms with E-state index < -0.39 is 58.0 Å². The Balaban J connectivity index is 1.91. The van der Waals surface area contributed by atoms with Crippen LogP contribution >= 0.6 is 0 Å². The van der Waals surface area contributed by atoms with Crippen LogP contribution in [0.4, 0.5) is 5.69 Å². The number of nitrogens with zero attached hydrogens (tertiary/aromatic N) is 3. The van der Waals surface area contributed by atoms with Gasteiger partial charge in [-0.2, -0.15) is 0 Å². The molecule has 0 heterocycles. The number of benzene rings is 1. The van der Waals surface area contributed by atoms with E-state index in [0.29, 0.717) is 18.0 Å². The molecule has 4 rings (SSSR count). The first-order valence-corrected chi connectivity index (χ1v) is 14.0. The van der Waals surface area contributed by atoms with Gasteiger partial charge in [0.05, 0.1) is 11.6 Å². The summed E-state index contributed by atoms with van der Waals surface area (Å²) in [5.41, 5.74) is 4.08. The normalized spacial score (nSPS) is 26.1. The molecule has 41 heavy (non-hydrogen) atoms. The highest BCUT2D eigenvalue weighted by Gasteiger charge is 2.63. The number of likely N-dealkylation sites (N-methyl/N-ethyl adjacent to an activating group) is 1. The summed E-state index contributed by atoms with van der Waals surface area (Å²) >= 11 is 0. The Morgan fingerprint density at radius 3 is 2.29 bits per heavy atom. The van der Waals surface area contributed by atoms with E-state index in [1.165, 1.54) is 0 Å². The van der Waals surface area contributed by atoms with Crippen molar-refractivity contribution in [1.82, 2.24) is 9.80 Å². The Bertz CT molecular complexity index is 1360. The largest absolute Gasteiger partial charge is 0.510 e. The molecular formula is C30H42N4O7. The predicted molar refractivity (Wildman–Crippen MR) is 154 cm³/mol. The molecule has 1 aromatic carbocycles. The summed E-state index contributed by atoms with van der Waals surface area (Å²) in [5, 5.41) is 45.4. The van der Waals surface area contributed by atoms with Crippen LogP contribution in [0.3, 0.4) is 0 Å². The molecule has 0 bridgehead atoms. The molecule has 224 valence electrons. The molecule has 11 nitrogen and oxygen atoms in total. The third-order valence-corrected chi connectivity index (χ3v) is 8.69. The number of allylic oxidation sites excluding steroid dienone is 1. The number of hydrogen-bond donors (Lipinski definition) is 5. The molecule has 0 saturated heterocycles. The number of aromatic hydroxyl groups is 1. The lowest BCUT2D eigenvalue weighted by Crippen LogP contribution is -2.63. The summed E-state index contributed by atoms with van der Waals surface area (Å²) in [6.45, 7) is 8.56. The third-order valence-electron chi connectivity index (χ3n) is 8.69. The monoisotopic (exact) mass is 570 g/mol. The quantitative estimate of drug-likeness (QED) is 0.290. The first-order chi connectivity index (χ1) is 19.1. The van der Waals surface area contributed by atoms with Gasteiger partial charge >= 0.3 is 0 Å². The summed E-state index contributed by atoms with van der Waals surface area (Å²) in [4.78, 5) is 45.3. The summed E-state index contributed by atoms with van der Waals surface area (Å²) in [6.07, 6.45) is 0.303. The average Bonchev–Trinajstić information content (AvgIpc) is 2.84. The molecule has 4 atom stereocenters. The van der Waals surface area contributed by atoms with E-state index in [-0.39, 0.29) is 29.7 Å². The van der Waals surface area contributed by atoms with Crippen molar-refractivity contribution >= 4 is 23.2 Å². The first kappa shape index (κ1) is 30.5. The highest BCUT2D eigenvalue weighted by molar-refractivity contribution is 6.24. The number of ketones is 2. The van der Waals surface area contributed by atoms with Gasteiger partial charge in [-0.25, -0.2) is 0 Å². The maximum Gasteiger partial charge on any atom is 0.255 e. The lowest BCUT2D eigenvalue weighted by atomic mass is 9.58. The standard InChI is InChI=1S/C30H42N4O7/c1-8-34(12-14(2)3)13-16-11-19(35)21-17(23(16)32(4)5)9-15-10-18-24(33(6)7)26(37)22(29(31)40)28(39)30(18,41)27(38)20(15)25(21)36/h11,14-15,18,24,35,37-38,41H,8-10,12-13H2,1-7H3,(H2,31,40)/t15-,18-,24-,30-/m0/s1. The number of aliphatic hydroxyl groups excluding tert-OH is 2. The van der Waals surface area contributed by atoms with Gasteiger partial charge in [0.1, 0.15) is 22.8 Å². The Labute approximate surface area is 240 Å². The van der Waals surface area contributed by atoms with Gasteiger partial charge < -0.3 is 31.1 Å². The van der Waals surface area contributed by atoms with Crippen molar-refractivity contribution in [3.63, 3.8) is 0 Å². The number of phenols is 1. The van der Waals surface area contributed by atoms with Crippen LogP contribution in [0.2, 0.25) is 0 Å². The van der Waals surface area contributed by atoms with Gasteiger partial charge in [-0.1, -0.05) is 20.8 Å². The molecular weight excluding hydrogens is 528 g/mol. The Hall–Kier alpha value is -3.41. The zero-order valence-corrected chi connectivity index (χ0v) is 24.9.